The van der Waals surface area contributed by atoms with Crippen LogP contribution in [-0.2, 0) is 17.7 Å². The molecule has 0 amide bonds. The average Bonchev–Trinajstić information content (AvgIpc) is 2.62. The minimum atomic E-state index is -2.42. The van der Waals surface area contributed by atoms with Crippen molar-refractivity contribution >= 4 is 15.9 Å². The Balaban J connectivity index is 2.46. The van der Waals surface area contributed by atoms with Crippen LogP contribution < -0.4 is 5.73 Å². The van der Waals surface area contributed by atoms with E-state index in [9.17, 15) is 8.78 Å². The Morgan fingerprint density at radius 3 is 2.74 bits per heavy atom. The molecule has 4 nitrogen and oxygen atoms in total. The Kier molecular flexibility index (Phi) is 6.88. The molecule has 0 aliphatic carbocycles. The van der Waals surface area contributed by atoms with Gasteiger partial charge in [0.25, 0.3) is 6.43 Å². The number of hydrogen-bond donors (Lipinski definition) is 1. The van der Waals surface area contributed by atoms with E-state index in [0.717, 1.165) is 22.4 Å². The highest BCUT2D eigenvalue weighted by molar-refractivity contribution is 9.10. The Morgan fingerprint density at radius 2 is 2.16 bits per heavy atom. The van der Waals surface area contributed by atoms with Crippen LogP contribution in [-0.4, -0.2) is 35.5 Å². The van der Waals surface area contributed by atoms with Gasteiger partial charge in [-0.1, -0.05) is 0 Å². The Bertz CT molecular complexity index is 399. The molecule has 1 heterocycles. The second-order valence-corrected chi connectivity index (χ2v) is 5.17. The van der Waals surface area contributed by atoms with E-state index in [1.807, 2.05) is 18.5 Å². The number of alkyl halides is 2. The topological polar surface area (TPSA) is 53.1 Å². The summed E-state index contributed by atoms with van der Waals surface area (Å²) in [6.45, 7) is 4.44. The van der Waals surface area contributed by atoms with Crippen molar-refractivity contribution in [2.75, 3.05) is 13.2 Å². The minimum Gasteiger partial charge on any atom is -0.375 e. The first-order valence-electron chi connectivity index (χ1n) is 6.28. The summed E-state index contributed by atoms with van der Waals surface area (Å²) >= 11 is 3.50. The average molecular weight is 340 g/mol. The fourth-order valence-corrected chi connectivity index (χ4v) is 2.27. The molecule has 1 aromatic rings. The fourth-order valence-electron chi connectivity index (χ4n) is 1.82. The van der Waals surface area contributed by atoms with Crippen LogP contribution in [0, 0.1) is 6.92 Å². The number of halogens is 3. The third-order valence-corrected chi connectivity index (χ3v) is 3.82. The second-order valence-electron chi connectivity index (χ2n) is 4.38. The van der Waals surface area contributed by atoms with E-state index in [2.05, 4.69) is 21.0 Å². The number of nitrogens with two attached hydrogens (primary N) is 1. The maximum Gasteiger partial charge on any atom is 0.261 e. The normalized spacial score (nSPS) is 13.2. The van der Waals surface area contributed by atoms with Crippen LogP contribution in [0.4, 0.5) is 8.78 Å². The molecule has 0 aliphatic heterocycles. The summed E-state index contributed by atoms with van der Waals surface area (Å²) in [4.78, 5) is 0. The third kappa shape index (κ3) is 5.16. The molecule has 0 radical (unpaired) electrons. The molecule has 0 bridgehead atoms. The van der Waals surface area contributed by atoms with Crippen LogP contribution >= 0.6 is 15.9 Å². The first kappa shape index (κ1) is 16.5. The number of ether oxygens (including phenoxy) is 1. The van der Waals surface area contributed by atoms with Crippen molar-refractivity contribution in [2.45, 2.75) is 45.7 Å². The molecule has 0 aromatic carbocycles. The molecule has 0 spiro atoms. The van der Waals surface area contributed by atoms with Gasteiger partial charge in [0.2, 0.25) is 0 Å². The molecule has 0 saturated carbocycles. The minimum absolute atomic E-state index is 0.129. The van der Waals surface area contributed by atoms with E-state index < -0.39 is 13.0 Å². The van der Waals surface area contributed by atoms with Crippen molar-refractivity contribution in [1.82, 2.24) is 9.78 Å². The van der Waals surface area contributed by atoms with E-state index in [1.54, 1.807) is 0 Å². The van der Waals surface area contributed by atoms with Gasteiger partial charge in [0.05, 0.1) is 15.9 Å². The molecule has 1 atom stereocenters. The molecule has 0 aliphatic rings. The van der Waals surface area contributed by atoms with E-state index in [1.165, 1.54) is 0 Å². The quantitative estimate of drug-likeness (QED) is 0.740. The first-order valence-corrected chi connectivity index (χ1v) is 7.08. The van der Waals surface area contributed by atoms with Gasteiger partial charge in [-0.15, -0.1) is 0 Å². The fraction of sp³-hybridized carbons (Fsp3) is 0.750. The molecule has 19 heavy (non-hydrogen) atoms. The molecule has 110 valence electrons. The lowest BCUT2D eigenvalue weighted by Crippen LogP contribution is -2.26. The molecule has 0 saturated heterocycles. The maximum absolute atomic E-state index is 11.9. The molecule has 2 N–H and O–H groups in total. The van der Waals surface area contributed by atoms with Gasteiger partial charge in [-0.2, -0.15) is 5.10 Å². The van der Waals surface area contributed by atoms with Gasteiger partial charge < -0.3 is 10.5 Å². The van der Waals surface area contributed by atoms with Crippen LogP contribution in [0.1, 0.15) is 24.7 Å². The van der Waals surface area contributed by atoms with Crippen LogP contribution in [0.2, 0.25) is 0 Å². The van der Waals surface area contributed by atoms with Crippen LogP contribution in [0.15, 0.2) is 4.47 Å². The largest absolute Gasteiger partial charge is 0.375 e. The number of nitrogens with zero attached hydrogens (tertiary/aromatic N) is 2. The van der Waals surface area contributed by atoms with Gasteiger partial charge in [-0.05, 0) is 36.2 Å². The summed E-state index contributed by atoms with van der Waals surface area (Å²) in [5, 5.41) is 4.39. The summed E-state index contributed by atoms with van der Waals surface area (Å²) in [5.41, 5.74) is 7.97. The zero-order chi connectivity index (χ0) is 14.4. The maximum atomic E-state index is 11.9. The number of rotatable bonds is 8. The predicted octanol–water partition coefficient (Wildman–Crippen LogP) is 2.52. The van der Waals surface area contributed by atoms with Crippen molar-refractivity contribution in [3.63, 3.8) is 0 Å². The van der Waals surface area contributed by atoms with Gasteiger partial charge in [-0.3, -0.25) is 4.68 Å². The number of hydrogen-bond acceptors (Lipinski definition) is 3. The molecular weight excluding hydrogens is 320 g/mol. The summed E-state index contributed by atoms with van der Waals surface area (Å²) in [5.74, 6) is 0. The monoisotopic (exact) mass is 339 g/mol. The van der Waals surface area contributed by atoms with Gasteiger partial charge in [-0.25, -0.2) is 8.78 Å². The van der Waals surface area contributed by atoms with Crippen molar-refractivity contribution in [3.8, 4) is 0 Å². The summed E-state index contributed by atoms with van der Waals surface area (Å²) in [7, 11) is 0. The lowest BCUT2D eigenvalue weighted by atomic mass is 10.1. The second kappa shape index (κ2) is 7.91. The van der Waals surface area contributed by atoms with Gasteiger partial charge in [0, 0.05) is 25.6 Å². The van der Waals surface area contributed by atoms with Crippen LogP contribution in [0.25, 0.3) is 0 Å². The highest BCUT2D eigenvalue weighted by Gasteiger charge is 2.15. The number of aromatic nitrogens is 2. The van der Waals surface area contributed by atoms with Crippen LogP contribution in [0.3, 0.4) is 0 Å². The first-order chi connectivity index (χ1) is 8.95. The highest BCUT2D eigenvalue weighted by Crippen LogP contribution is 2.22. The van der Waals surface area contributed by atoms with Gasteiger partial charge >= 0.3 is 0 Å². The van der Waals surface area contributed by atoms with E-state index in [0.29, 0.717) is 12.8 Å². The van der Waals surface area contributed by atoms with Crippen molar-refractivity contribution in [2.24, 2.45) is 5.73 Å². The summed E-state index contributed by atoms with van der Waals surface area (Å²) < 4.78 is 31.5. The van der Waals surface area contributed by atoms with E-state index in [-0.39, 0.29) is 12.6 Å². The molecule has 1 aromatic heterocycles. The van der Waals surface area contributed by atoms with Crippen LogP contribution in [0.5, 0.6) is 0 Å². The Labute approximate surface area is 120 Å². The molecule has 7 heteroatoms. The SMILES string of the molecule is CCn1nc(C)c(Br)c1CC(N)CCOCC(F)F. The van der Waals surface area contributed by atoms with E-state index in [4.69, 9.17) is 10.5 Å². The molecular formula is C12H20BrF2N3O. The van der Waals surface area contributed by atoms with Crippen molar-refractivity contribution < 1.29 is 13.5 Å². The summed E-state index contributed by atoms with van der Waals surface area (Å²) in [6, 6.07) is -0.129. The zero-order valence-electron chi connectivity index (χ0n) is 11.2. The summed E-state index contributed by atoms with van der Waals surface area (Å²) in [6.07, 6.45) is -1.23. The van der Waals surface area contributed by atoms with Crippen molar-refractivity contribution in [1.29, 1.82) is 0 Å². The number of aryl methyl sites for hydroxylation is 2. The highest BCUT2D eigenvalue weighted by atomic mass is 79.9. The molecule has 0 fully saturated rings. The Morgan fingerprint density at radius 1 is 1.47 bits per heavy atom. The van der Waals surface area contributed by atoms with E-state index >= 15 is 0 Å². The Hall–Kier alpha value is -0.530. The smallest absolute Gasteiger partial charge is 0.261 e. The van der Waals surface area contributed by atoms with Crippen molar-refractivity contribution in [3.05, 3.63) is 15.9 Å². The lowest BCUT2D eigenvalue weighted by Gasteiger charge is -2.13. The zero-order valence-corrected chi connectivity index (χ0v) is 12.8. The third-order valence-electron chi connectivity index (χ3n) is 2.79. The molecule has 1 rings (SSSR count). The standard InChI is InChI=1S/C12H20BrF2N3O/c1-3-18-10(12(13)8(2)17-18)6-9(16)4-5-19-7-11(14)15/h9,11H,3-7,16H2,1-2H3. The molecule has 1 unspecified atom stereocenters. The predicted molar refractivity (Wildman–Crippen MR) is 73.5 cm³/mol. The van der Waals surface area contributed by atoms with Gasteiger partial charge in [0.15, 0.2) is 0 Å². The van der Waals surface area contributed by atoms with Gasteiger partial charge in [0.1, 0.15) is 6.61 Å². The lowest BCUT2D eigenvalue weighted by molar-refractivity contribution is 0.0152.